The van der Waals surface area contributed by atoms with Crippen LogP contribution in [-0.2, 0) is 11.8 Å². The van der Waals surface area contributed by atoms with Gasteiger partial charge in [0.2, 0.25) is 0 Å². The van der Waals surface area contributed by atoms with Crippen molar-refractivity contribution < 1.29 is 0 Å². The molecule has 0 atom stereocenters. The van der Waals surface area contributed by atoms with E-state index in [2.05, 4.69) is 98.9 Å². The van der Waals surface area contributed by atoms with E-state index < -0.39 is 0 Å². The van der Waals surface area contributed by atoms with Crippen LogP contribution in [0.1, 0.15) is 127 Å². The number of fused-ring (bicyclic) bond motifs is 4. The van der Waals surface area contributed by atoms with Gasteiger partial charge in [-0.1, -0.05) is 0 Å². The van der Waals surface area contributed by atoms with E-state index in [9.17, 15) is 0 Å². The van der Waals surface area contributed by atoms with Crippen LogP contribution in [0.15, 0.2) is 78.2 Å². The number of rotatable bonds is 17. The van der Waals surface area contributed by atoms with Crippen molar-refractivity contribution in [3.63, 3.8) is 0 Å². The van der Waals surface area contributed by atoms with Crippen LogP contribution in [0.5, 0.6) is 0 Å². The quantitative estimate of drug-likeness (QED) is 0.0678. The molecule has 2 aromatic heterocycles. The van der Waals surface area contributed by atoms with E-state index in [4.69, 9.17) is 0 Å². The van der Waals surface area contributed by atoms with Crippen LogP contribution in [0.3, 0.4) is 0 Å². The Labute approximate surface area is 283 Å². The number of benzene rings is 3. The van der Waals surface area contributed by atoms with Crippen LogP contribution in [0, 0.1) is 0 Å². The van der Waals surface area contributed by atoms with Gasteiger partial charge in [0.15, 0.2) is 0 Å². The summed E-state index contributed by atoms with van der Waals surface area (Å²) in [6.45, 7) is 6.98. The van der Waals surface area contributed by atoms with Crippen molar-refractivity contribution in [2.75, 3.05) is 0 Å². The van der Waals surface area contributed by atoms with Crippen LogP contribution in [0.4, 0.5) is 0 Å². The third-order valence-electron chi connectivity index (χ3n) is 10.3. The predicted molar refractivity (Wildman–Crippen MR) is 201 cm³/mol. The summed E-state index contributed by atoms with van der Waals surface area (Å²) in [7, 11) is 0. The van der Waals surface area contributed by atoms with Crippen LogP contribution in [0.25, 0.3) is 41.2 Å². The molecule has 45 heavy (non-hydrogen) atoms. The zero-order valence-electron chi connectivity index (χ0n) is 27.9. The Balaban J connectivity index is 1.43. The number of thiophene rings is 1. The Morgan fingerprint density at radius 2 is 1.20 bits per heavy atom. The first-order valence-corrected chi connectivity index (χ1v) is 20.6. The van der Waals surface area contributed by atoms with E-state index in [0.29, 0.717) is 0 Å². The maximum atomic E-state index is 2.67. The summed E-state index contributed by atoms with van der Waals surface area (Å²) in [5.74, 6) is 0. The molecular formula is C43H52SSe. The van der Waals surface area contributed by atoms with Gasteiger partial charge >= 0.3 is 284 Å². The fourth-order valence-electron chi connectivity index (χ4n) is 7.92. The minimum atomic E-state index is 0.140. The summed E-state index contributed by atoms with van der Waals surface area (Å²) in [4.78, 5) is 1.56. The molecule has 0 amide bonds. The van der Waals surface area contributed by atoms with Gasteiger partial charge in [0, 0.05) is 0 Å². The summed E-state index contributed by atoms with van der Waals surface area (Å²) >= 11 is 2.26. The van der Waals surface area contributed by atoms with Crippen LogP contribution in [-0.4, -0.2) is 14.5 Å². The van der Waals surface area contributed by atoms with E-state index in [0.717, 1.165) is 0 Å². The van der Waals surface area contributed by atoms with Gasteiger partial charge < -0.3 is 0 Å². The van der Waals surface area contributed by atoms with Crippen LogP contribution >= 0.6 is 11.3 Å². The fourth-order valence-corrected chi connectivity index (χ4v) is 12.0. The second-order valence-corrected chi connectivity index (χ2v) is 16.5. The Bertz CT molecular complexity index is 1670. The second kappa shape index (κ2) is 15.5. The zero-order valence-corrected chi connectivity index (χ0v) is 30.5. The Kier molecular flexibility index (Phi) is 11.2. The van der Waals surface area contributed by atoms with Gasteiger partial charge in [0.05, 0.1) is 0 Å². The van der Waals surface area contributed by atoms with Crippen molar-refractivity contribution >= 4 is 36.6 Å². The van der Waals surface area contributed by atoms with Gasteiger partial charge in [-0.3, -0.25) is 0 Å². The molecule has 0 nitrogen and oxygen atoms in total. The third kappa shape index (κ3) is 6.72. The summed E-state index contributed by atoms with van der Waals surface area (Å²) in [5, 5.41) is 5.30. The Hall–Kier alpha value is -2.38. The van der Waals surface area contributed by atoms with Crippen molar-refractivity contribution in [1.29, 1.82) is 0 Å². The predicted octanol–water partition coefficient (Wildman–Crippen LogP) is 13.6. The topological polar surface area (TPSA) is 0 Å². The average Bonchev–Trinajstić information content (AvgIpc) is 3.77. The van der Waals surface area contributed by atoms with Crippen molar-refractivity contribution in [2.45, 2.75) is 122 Å². The monoisotopic (exact) mass is 680 g/mol. The van der Waals surface area contributed by atoms with Crippen molar-refractivity contribution in [2.24, 2.45) is 0 Å². The van der Waals surface area contributed by atoms with Crippen LogP contribution < -0.4 is 0 Å². The Morgan fingerprint density at radius 1 is 0.578 bits per heavy atom. The van der Waals surface area contributed by atoms with E-state index in [-0.39, 0.29) is 19.9 Å². The van der Waals surface area contributed by atoms with Crippen LogP contribution in [0.2, 0.25) is 0 Å². The van der Waals surface area contributed by atoms with E-state index >= 15 is 0 Å². The second-order valence-electron chi connectivity index (χ2n) is 13.4. The van der Waals surface area contributed by atoms with Gasteiger partial charge in [-0.05, 0) is 0 Å². The van der Waals surface area contributed by atoms with Crippen molar-refractivity contribution in [3.8, 4) is 30.4 Å². The number of aryl methyl sites for hydroxylation is 1. The SMILES string of the molecule is CCCCCCc1ccsc1-c1[se]c(-c2ccc3c(c2)C(CCCCCC)(CCCCCC)c2ccccc2-3)c2ccccc12. The summed E-state index contributed by atoms with van der Waals surface area (Å²) < 4.78 is 3.20. The van der Waals surface area contributed by atoms with Gasteiger partial charge in [-0.15, -0.1) is 0 Å². The van der Waals surface area contributed by atoms with Gasteiger partial charge in [-0.25, -0.2) is 0 Å². The molecular weight excluding hydrogens is 628 g/mol. The maximum absolute atomic E-state index is 2.67. The molecule has 2 heterocycles. The summed E-state index contributed by atoms with van der Waals surface area (Å²) in [6, 6.07) is 28.8. The van der Waals surface area contributed by atoms with E-state index in [1.807, 2.05) is 11.3 Å². The molecule has 0 saturated carbocycles. The van der Waals surface area contributed by atoms with Crippen molar-refractivity contribution in [3.05, 3.63) is 94.9 Å². The summed E-state index contributed by atoms with van der Waals surface area (Å²) in [5.41, 5.74) is 9.40. The molecule has 1 aliphatic carbocycles. The fraction of sp³-hybridized carbons (Fsp3) is 0.442. The molecule has 0 spiro atoms. The van der Waals surface area contributed by atoms with E-state index in [1.54, 1.807) is 30.4 Å². The molecule has 0 bridgehead atoms. The zero-order chi connectivity index (χ0) is 31.1. The number of hydrogen-bond acceptors (Lipinski definition) is 1. The first kappa shape index (κ1) is 32.6. The first-order chi connectivity index (χ1) is 22.2. The molecule has 236 valence electrons. The molecule has 1 aliphatic rings. The number of unbranched alkanes of at least 4 members (excludes halogenated alkanes) is 9. The summed E-state index contributed by atoms with van der Waals surface area (Å²) in [6.07, 6.45) is 19.7. The van der Waals surface area contributed by atoms with Gasteiger partial charge in [-0.2, -0.15) is 0 Å². The van der Waals surface area contributed by atoms with E-state index in [1.165, 1.54) is 124 Å². The molecule has 0 unspecified atom stereocenters. The van der Waals surface area contributed by atoms with Gasteiger partial charge in [0.1, 0.15) is 0 Å². The molecule has 2 heteroatoms. The van der Waals surface area contributed by atoms with Crippen molar-refractivity contribution in [1.82, 2.24) is 0 Å². The third-order valence-corrected chi connectivity index (χ3v) is 14.3. The Morgan fingerprint density at radius 3 is 1.91 bits per heavy atom. The average molecular weight is 680 g/mol. The number of hydrogen-bond donors (Lipinski definition) is 0. The molecule has 0 aliphatic heterocycles. The molecule has 3 aromatic carbocycles. The molecule has 5 aromatic rings. The molecule has 0 radical (unpaired) electrons. The molecule has 0 N–H and O–H groups in total. The molecule has 6 rings (SSSR count). The standard InChI is InChI=1S/C43H52SSe/c1-4-7-10-13-20-32-27-30-44-40(32)42-37-23-15-14-22-36(37)41(45-42)33-25-26-35-34-21-16-17-24-38(34)43(39(35)31-33,28-18-11-8-5-2)29-19-12-9-6-3/h14-17,21-27,30-31H,4-13,18-20,28-29H2,1-3H3. The molecule has 0 fully saturated rings. The normalized spacial score (nSPS) is 13.4. The molecule has 0 saturated heterocycles. The minimum absolute atomic E-state index is 0.140. The van der Waals surface area contributed by atoms with Gasteiger partial charge in [0.25, 0.3) is 0 Å². The first-order valence-electron chi connectivity index (χ1n) is 18.0.